The molecule has 0 saturated carbocycles. The molecule has 0 bridgehead atoms. The quantitative estimate of drug-likeness (QED) is 0.590. The zero-order valence-corrected chi connectivity index (χ0v) is 16.1. The first-order chi connectivity index (χ1) is 13.2. The second-order valence-electron chi connectivity index (χ2n) is 6.14. The number of amides is 3. The van der Waals surface area contributed by atoms with Crippen LogP contribution < -0.4 is 5.73 Å². The highest BCUT2D eigenvalue weighted by atomic mass is 35.5. The summed E-state index contributed by atoms with van der Waals surface area (Å²) in [7, 11) is 0. The molecular weight excluding hydrogens is 407 g/mol. The molecule has 1 aliphatic heterocycles. The molecule has 0 fully saturated rings. The van der Waals surface area contributed by atoms with Crippen molar-refractivity contribution in [2.75, 3.05) is 0 Å². The number of imide groups is 1. The number of nitrogens with zero attached hydrogens (tertiary/aromatic N) is 1. The van der Waals surface area contributed by atoms with Crippen LogP contribution >= 0.6 is 23.2 Å². The molecule has 28 heavy (non-hydrogen) atoms. The molecule has 2 aromatic carbocycles. The van der Waals surface area contributed by atoms with Gasteiger partial charge in [-0.05, 0) is 36.8 Å². The van der Waals surface area contributed by atoms with Crippen molar-refractivity contribution in [3.05, 3.63) is 68.7 Å². The van der Waals surface area contributed by atoms with Crippen LogP contribution in [0.25, 0.3) is 0 Å². The first-order valence-electron chi connectivity index (χ1n) is 8.13. The van der Waals surface area contributed by atoms with Gasteiger partial charge in [0.15, 0.2) is 0 Å². The minimum Gasteiger partial charge on any atom is -0.459 e. The molecule has 1 aliphatic rings. The second-order valence-corrected chi connectivity index (χ2v) is 6.95. The lowest BCUT2D eigenvalue weighted by atomic mass is 10.1. The largest absolute Gasteiger partial charge is 0.459 e. The average molecular weight is 421 g/mol. The van der Waals surface area contributed by atoms with Gasteiger partial charge in [-0.1, -0.05) is 35.3 Å². The molecule has 0 aromatic heterocycles. The van der Waals surface area contributed by atoms with E-state index in [1.807, 2.05) is 0 Å². The van der Waals surface area contributed by atoms with Crippen LogP contribution in [0.4, 0.5) is 0 Å². The maximum absolute atomic E-state index is 12.6. The van der Waals surface area contributed by atoms with E-state index in [0.29, 0.717) is 5.56 Å². The summed E-state index contributed by atoms with van der Waals surface area (Å²) < 4.78 is 5.19. The van der Waals surface area contributed by atoms with E-state index in [-0.39, 0.29) is 33.3 Å². The molecule has 0 saturated heterocycles. The maximum atomic E-state index is 12.6. The number of esters is 1. The zero-order chi connectivity index (χ0) is 20.6. The van der Waals surface area contributed by atoms with Crippen molar-refractivity contribution in [1.29, 1.82) is 0 Å². The van der Waals surface area contributed by atoms with Gasteiger partial charge in [0.1, 0.15) is 12.6 Å². The molecule has 1 atom stereocenters. The Bertz CT molecular complexity index is 980. The van der Waals surface area contributed by atoms with Crippen molar-refractivity contribution in [3.63, 3.8) is 0 Å². The van der Waals surface area contributed by atoms with E-state index in [1.165, 1.54) is 31.2 Å². The average Bonchev–Trinajstić information content (AvgIpc) is 2.90. The van der Waals surface area contributed by atoms with E-state index in [1.54, 1.807) is 12.1 Å². The van der Waals surface area contributed by atoms with E-state index in [0.717, 1.165) is 4.90 Å². The maximum Gasteiger partial charge on any atom is 0.329 e. The number of rotatable bonds is 5. The summed E-state index contributed by atoms with van der Waals surface area (Å²) in [5, 5.41) is 0.265. The number of nitrogens with two attached hydrogens (primary N) is 1. The van der Waals surface area contributed by atoms with Crippen LogP contribution in [0.2, 0.25) is 10.0 Å². The smallest absolute Gasteiger partial charge is 0.329 e. The molecular formula is C19H14Cl2N2O5. The number of fused-ring (bicyclic) bond motifs is 1. The summed E-state index contributed by atoms with van der Waals surface area (Å²) in [6.45, 7) is 1.23. The molecule has 7 nitrogen and oxygen atoms in total. The summed E-state index contributed by atoms with van der Waals surface area (Å²) >= 11 is 11.8. The van der Waals surface area contributed by atoms with Gasteiger partial charge in [-0.3, -0.25) is 19.3 Å². The van der Waals surface area contributed by atoms with E-state index < -0.39 is 29.7 Å². The van der Waals surface area contributed by atoms with Gasteiger partial charge in [0, 0.05) is 5.56 Å². The molecule has 3 amide bonds. The monoisotopic (exact) mass is 420 g/mol. The third kappa shape index (κ3) is 3.58. The topological polar surface area (TPSA) is 107 Å². The van der Waals surface area contributed by atoms with Crippen LogP contribution in [0.3, 0.4) is 0 Å². The summed E-state index contributed by atoms with van der Waals surface area (Å²) in [6.07, 6.45) is 0. The Labute approximate surface area is 170 Å². The fraction of sp³-hybridized carbons (Fsp3) is 0.158. The fourth-order valence-corrected chi connectivity index (χ4v) is 3.13. The van der Waals surface area contributed by atoms with Crippen LogP contribution in [0.15, 0.2) is 36.4 Å². The van der Waals surface area contributed by atoms with E-state index >= 15 is 0 Å². The minimum absolute atomic E-state index is 0.0770. The van der Waals surface area contributed by atoms with Gasteiger partial charge in [-0.2, -0.15) is 0 Å². The van der Waals surface area contributed by atoms with Crippen molar-refractivity contribution in [2.45, 2.75) is 19.6 Å². The molecule has 9 heteroatoms. The van der Waals surface area contributed by atoms with Gasteiger partial charge < -0.3 is 10.5 Å². The number of ether oxygens (including phenoxy) is 1. The number of carbonyl (C=O) groups is 4. The zero-order valence-electron chi connectivity index (χ0n) is 14.6. The second kappa shape index (κ2) is 7.61. The lowest BCUT2D eigenvalue weighted by Gasteiger charge is -2.21. The molecule has 2 aromatic rings. The predicted molar refractivity (Wildman–Crippen MR) is 101 cm³/mol. The highest BCUT2D eigenvalue weighted by Crippen LogP contribution is 2.32. The van der Waals surface area contributed by atoms with E-state index in [9.17, 15) is 19.2 Å². The summed E-state index contributed by atoms with van der Waals surface area (Å²) in [4.78, 5) is 49.5. The number of halogens is 2. The van der Waals surface area contributed by atoms with Crippen LogP contribution in [-0.2, 0) is 16.1 Å². The molecule has 0 aliphatic carbocycles. The Kier molecular flexibility index (Phi) is 5.40. The van der Waals surface area contributed by atoms with E-state index in [2.05, 4.69) is 0 Å². The predicted octanol–water partition coefficient (Wildman–Crippen LogP) is 2.82. The van der Waals surface area contributed by atoms with E-state index in [4.69, 9.17) is 33.7 Å². The Morgan fingerprint density at radius 2 is 1.64 bits per heavy atom. The first-order valence-corrected chi connectivity index (χ1v) is 8.88. The highest BCUT2D eigenvalue weighted by molar-refractivity contribution is 6.43. The van der Waals surface area contributed by atoms with Crippen LogP contribution in [0.1, 0.15) is 43.6 Å². The van der Waals surface area contributed by atoms with Gasteiger partial charge in [0.05, 0.1) is 21.2 Å². The fourth-order valence-electron chi connectivity index (χ4n) is 2.80. The molecule has 144 valence electrons. The summed E-state index contributed by atoms with van der Waals surface area (Å²) in [6, 6.07) is 7.71. The van der Waals surface area contributed by atoms with Gasteiger partial charge in [0.25, 0.3) is 11.8 Å². The number of primary amides is 1. The van der Waals surface area contributed by atoms with Crippen molar-refractivity contribution in [2.24, 2.45) is 5.73 Å². The normalized spacial score (nSPS) is 14.0. The number of carbonyl (C=O) groups excluding carboxylic acids is 4. The molecule has 0 spiro atoms. The third-order valence-electron chi connectivity index (χ3n) is 4.28. The number of hydrogen-bond acceptors (Lipinski definition) is 5. The molecule has 0 radical (unpaired) electrons. The van der Waals surface area contributed by atoms with Gasteiger partial charge >= 0.3 is 5.97 Å². The lowest BCUT2D eigenvalue weighted by Crippen LogP contribution is -2.43. The van der Waals surface area contributed by atoms with Crippen LogP contribution in [0, 0.1) is 0 Å². The van der Waals surface area contributed by atoms with Gasteiger partial charge in [0.2, 0.25) is 5.91 Å². The lowest BCUT2D eigenvalue weighted by molar-refractivity contribution is -0.149. The van der Waals surface area contributed by atoms with Crippen molar-refractivity contribution < 1.29 is 23.9 Å². The van der Waals surface area contributed by atoms with Gasteiger partial charge in [-0.15, -0.1) is 0 Å². The molecule has 0 unspecified atom stereocenters. The Morgan fingerprint density at radius 1 is 1.07 bits per heavy atom. The highest BCUT2D eigenvalue weighted by Gasteiger charge is 2.42. The standard InChI is InChI=1S/C19H14Cl2N2O5/c1-9(19(27)28-8-10-3-2-4-11(5-10)16(22)24)23-17(25)12-6-14(20)15(21)7-13(12)18(23)26/h2-7,9H,8H2,1H3,(H2,22,24)/t9-/m0/s1. The van der Waals surface area contributed by atoms with Crippen molar-refractivity contribution in [3.8, 4) is 0 Å². The van der Waals surface area contributed by atoms with Crippen molar-refractivity contribution in [1.82, 2.24) is 4.90 Å². The molecule has 2 N–H and O–H groups in total. The first kappa shape index (κ1) is 19.9. The van der Waals surface area contributed by atoms with Crippen LogP contribution in [-0.4, -0.2) is 34.6 Å². The number of hydrogen-bond donors (Lipinski definition) is 1. The number of benzene rings is 2. The Balaban J connectivity index is 1.73. The Hall–Kier alpha value is -2.90. The van der Waals surface area contributed by atoms with Gasteiger partial charge in [-0.25, -0.2) is 4.79 Å². The SMILES string of the molecule is C[C@@H](C(=O)OCc1cccc(C(N)=O)c1)N1C(=O)c2cc(Cl)c(Cl)cc2C1=O. The molecule has 1 heterocycles. The summed E-state index contributed by atoms with van der Waals surface area (Å²) in [5.74, 6) is -2.70. The minimum atomic E-state index is -1.16. The van der Waals surface area contributed by atoms with Crippen molar-refractivity contribution >= 4 is 46.9 Å². The Morgan fingerprint density at radius 3 is 2.18 bits per heavy atom. The third-order valence-corrected chi connectivity index (χ3v) is 5.00. The molecule has 3 rings (SSSR count). The van der Waals surface area contributed by atoms with Crippen LogP contribution in [0.5, 0.6) is 0 Å². The summed E-state index contributed by atoms with van der Waals surface area (Å²) in [5.41, 5.74) is 6.18.